The molecule has 0 aromatic heterocycles. The van der Waals surface area contributed by atoms with Crippen molar-refractivity contribution in [2.24, 2.45) is 0 Å². The van der Waals surface area contributed by atoms with Crippen molar-refractivity contribution in [3.8, 4) is 0 Å². The molecule has 2 rings (SSSR count). The van der Waals surface area contributed by atoms with Crippen LogP contribution in [0.2, 0.25) is 0 Å². The van der Waals surface area contributed by atoms with Gasteiger partial charge in [-0.25, -0.2) is 0 Å². The molecule has 3 nitrogen and oxygen atoms in total. The lowest BCUT2D eigenvalue weighted by atomic mass is 10.1. The van der Waals surface area contributed by atoms with Gasteiger partial charge in [0.05, 0.1) is 12.6 Å². The molecule has 1 heterocycles. The van der Waals surface area contributed by atoms with E-state index in [-0.39, 0.29) is 5.78 Å². The monoisotopic (exact) mass is 219 g/mol. The summed E-state index contributed by atoms with van der Waals surface area (Å²) in [6.07, 6.45) is 1.03. The largest absolute Gasteiger partial charge is 0.379 e. The maximum Gasteiger partial charge on any atom is 0.161 e. The molecule has 0 bridgehead atoms. The number of para-hydroxylation sites is 1. The van der Waals surface area contributed by atoms with Gasteiger partial charge in [0.25, 0.3) is 0 Å². The summed E-state index contributed by atoms with van der Waals surface area (Å²) in [5.41, 5.74) is 1.79. The summed E-state index contributed by atoms with van der Waals surface area (Å²) in [4.78, 5) is 13.7. The number of carbonyl (C=O) groups excluding carboxylic acids is 1. The molecule has 0 aliphatic carbocycles. The predicted octanol–water partition coefficient (Wildman–Crippen LogP) is 2.11. The Morgan fingerprint density at radius 1 is 1.44 bits per heavy atom. The van der Waals surface area contributed by atoms with Crippen LogP contribution >= 0.6 is 0 Å². The van der Waals surface area contributed by atoms with Crippen LogP contribution in [0.3, 0.4) is 0 Å². The zero-order valence-electron chi connectivity index (χ0n) is 9.77. The minimum absolute atomic E-state index is 0.112. The van der Waals surface area contributed by atoms with Crippen LogP contribution in [0.4, 0.5) is 5.69 Å². The molecule has 0 saturated carbocycles. The predicted molar refractivity (Wildman–Crippen MR) is 64.1 cm³/mol. The molecule has 1 saturated heterocycles. The Morgan fingerprint density at radius 3 is 2.81 bits per heavy atom. The number of ether oxygens (including phenoxy) is 1. The molecule has 1 aromatic rings. The molecule has 1 aliphatic heterocycles. The number of Topliss-reactive ketones (excluding diaryl/α,β-unsaturated/α-hetero) is 1. The van der Waals surface area contributed by atoms with Gasteiger partial charge >= 0.3 is 0 Å². The fourth-order valence-electron chi connectivity index (χ4n) is 2.10. The minimum Gasteiger partial charge on any atom is -0.379 e. The molecular formula is C13H17NO2. The first kappa shape index (κ1) is 11.1. The maximum atomic E-state index is 11.5. The second-order valence-corrected chi connectivity index (χ2v) is 4.20. The van der Waals surface area contributed by atoms with Crippen molar-refractivity contribution in [1.29, 1.82) is 0 Å². The number of likely N-dealkylation sites (N-methyl/N-ethyl adjacent to an activating group) is 1. The third-order valence-electron chi connectivity index (χ3n) is 3.12. The van der Waals surface area contributed by atoms with Gasteiger partial charge in [-0.15, -0.1) is 0 Å². The van der Waals surface area contributed by atoms with E-state index in [2.05, 4.69) is 4.90 Å². The SMILES string of the molecule is CC(=O)c1ccccc1N(C)C1CCOC1. The van der Waals surface area contributed by atoms with Crippen molar-refractivity contribution in [3.05, 3.63) is 29.8 Å². The van der Waals surface area contributed by atoms with Crippen LogP contribution in [0, 0.1) is 0 Å². The Bertz CT molecular complexity index is 383. The first-order chi connectivity index (χ1) is 7.70. The number of anilines is 1. The van der Waals surface area contributed by atoms with Crippen molar-refractivity contribution < 1.29 is 9.53 Å². The topological polar surface area (TPSA) is 29.5 Å². The smallest absolute Gasteiger partial charge is 0.161 e. The highest BCUT2D eigenvalue weighted by Crippen LogP contribution is 2.24. The van der Waals surface area contributed by atoms with E-state index in [4.69, 9.17) is 4.74 Å². The highest BCUT2D eigenvalue weighted by atomic mass is 16.5. The van der Waals surface area contributed by atoms with E-state index in [1.54, 1.807) is 6.92 Å². The molecule has 0 amide bonds. The highest BCUT2D eigenvalue weighted by molar-refractivity contribution is 5.99. The molecule has 1 atom stereocenters. The Labute approximate surface area is 96.0 Å². The van der Waals surface area contributed by atoms with Crippen molar-refractivity contribution in [1.82, 2.24) is 0 Å². The molecule has 86 valence electrons. The molecular weight excluding hydrogens is 202 g/mol. The van der Waals surface area contributed by atoms with E-state index in [1.165, 1.54) is 0 Å². The third kappa shape index (κ3) is 2.09. The Kier molecular flexibility index (Phi) is 3.25. The Balaban J connectivity index is 2.27. The first-order valence-electron chi connectivity index (χ1n) is 5.60. The van der Waals surface area contributed by atoms with E-state index >= 15 is 0 Å². The van der Waals surface area contributed by atoms with E-state index in [0.717, 1.165) is 30.9 Å². The molecule has 1 aliphatic rings. The molecule has 0 radical (unpaired) electrons. The number of benzene rings is 1. The molecule has 1 unspecified atom stereocenters. The number of hydrogen-bond donors (Lipinski definition) is 0. The number of ketones is 1. The average Bonchev–Trinajstić information content (AvgIpc) is 2.81. The van der Waals surface area contributed by atoms with E-state index < -0.39 is 0 Å². The normalized spacial score (nSPS) is 19.8. The molecule has 1 aromatic carbocycles. The number of rotatable bonds is 3. The average molecular weight is 219 g/mol. The van der Waals surface area contributed by atoms with Crippen LogP contribution in [-0.4, -0.2) is 32.1 Å². The van der Waals surface area contributed by atoms with Crippen molar-refractivity contribution in [2.75, 3.05) is 25.2 Å². The van der Waals surface area contributed by atoms with E-state index in [0.29, 0.717) is 6.04 Å². The fraction of sp³-hybridized carbons (Fsp3) is 0.462. The lowest BCUT2D eigenvalue weighted by Crippen LogP contribution is -2.32. The highest BCUT2D eigenvalue weighted by Gasteiger charge is 2.22. The molecule has 3 heteroatoms. The summed E-state index contributed by atoms with van der Waals surface area (Å²) in [5.74, 6) is 0.112. The van der Waals surface area contributed by atoms with Gasteiger partial charge in [0.15, 0.2) is 5.78 Å². The molecule has 1 fully saturated rings. The van der Waals surface area contributed by atoms with E-state index in [1.807, 2.05) is 31.3 Å². The van der Waals surface area contributed by atoms with Gasteiger partial charge in [0, 0.05) is 24.9 Å². The van der Waals surface area contributed by atoms with Crippen LogP contribution in [0.5, 0.6) is 0 Å². The second-order valence-electron chi connectivity index (χ2n) is 4.20. The molecule has 0 spiro atoms. The number of nitrogens with zero attached hydrogens (tertiary/aromatic N) is 1. The summed E-state index contributed by atoms with van der Waals surface area (Å²) in [7, 11) is 2.03. The quantitative estimate of drug-likeness (QED) is 0.729. The first-order valence-corrected chi connectivity index (χ1v) is 5.60. The van der Waals surface area contributed by atoms with Gasteiger partial charge in [-0.2, -0.15) is 0 Å². The Morgan fingerprint density at radius 2 is 2.19 bits per heavy atom. The van der Waals surface area contributed by atoms with Gasteiger partial charge in [-0.05, 0) is 25.5 Å². The third-order valence-corrected chi connectivity index (χ3v) is 3.12. The van der Waals surface area contributed by atoms with Crippen LogP contribution in [0.15, 0.2) is 24.3 Å². The maximum absolute atomic E-state index is 11.5. The van der Waals surface area contributed by atoms with Crippen molar-refractivity contribution in [3.63, 3.8) is 0 Å². The lowest BCUT2D eigenvalue weighted by Gasteiger charge is -2.27. The lowest BCUT2D eigenvalue weighted by molar-refractivity contribution is 0.101. The number of carbonyl (C=O) groups is 1. The van der Waals surface area contributed by atoms with Crippen LogP contribution in [0.1, 0.15) is 23.7 Å². The van der Waals surface area contributed by atoms with Gasteiger partial charge in [0.2, 0.25) is 0 Å². The Hall–Kier alpha value is -1.35. The van der Waals surface area contributed by atoms with Crippen molar-refractivity contribution >= 4 is 11.5 Å². The van der Waals surface area contributed by atoms with Crippen LogP contribution in [-0.2, 0) is 4.74 Å². The fourth-order valence-corrected chi connectivity index (χ4v) is 2.10. The molecule has 16 heavy (non-hydrogen) atoms. The zero-order chi connectivity index (χ0) is 11.5. The van der Waals surface area contributed by atoms with Crippen molar-refractivity contribution in [2.45, 2.75) is 19.4 Å². The van der Waals surface area contributed by atoms with Gasteiger partial charge in [-0.3, -0.25) is 4.79 Å². The second kappa shape index (κ2) is 4.66. The van der Waals surface area contributed by atoms with Gasteiger partial charge in [-0.1, -0.05) is 12.1 Å². The summed E-state index contributed by atoms with van der Waals surface area (Å²) in [5, 5.41) is 0. The van der Waals surface area contributed by atoms with Gasteiger partial charge < -0.3 is 9.64 Å². The zero-order valence-corrected chi connectivity index (χ0v) is 9.77. The number of hydrogen-bond acceptors (Lipinski definition) is 3. The van der Waals surface area contributed by atoms with Gasteiger partial charge in [0.1, 0.15) is 0 Å². The van der Waals surface area contributed by atoms with Crippen LogP contribution in [0.25, 0.3) is 0 Å². The van der Waals surface area contributed by atoms with Crippen LogP contribution < -0.4 is 4.90 Å². The summed E-state index contributed by atoms with van der Waals surface area (Å²) in [6.45, 7) is 3.18. The summed E-state index contributed by atoms with van der Waals surface area (Å²) in [6, 6.07) is 8.13. The minimum atomic E-state index is 0.112. The summed E-state index contributed by atoms with van der Waals surface area (Å²) >= 11 is 0. The standard InChI is InChI=1S/C13H17NO2/c1-10(15)12-5-3-4-6-13(12)14(2)11-7-8-16-9-11/h3-6,11H,7-9H2,1-2H3. The summed E-state index contributed by atoms with van der Waals surface area (Å²) < 4.78 is 5.37. The molecule has 0 N–H and O–H groups in total. The van der Waals surface area contributed by atoms with E-state index in [9.17, 15) is 4.79 Å².